The summed E-state index contributed by atoms with van der Waals surface area (Å²) in [7, 11) is 0. The first-order valence-corrected chi connectivity index (χ1v) is 5.21. The van der Waals surface area contributed by atoms with E-state index in [4.69, 9.17) is 0 Å². The van der Waals surface area contributed by atoms with Gasteiger partial charge in [-0.05, 0) is 26.2 Å². The van der Waals surface area contributed by atoms with E-state index in [0.29, 0.717) is 6.42 Å². The van der Waals surface area contributed by atoms with Crippen LogP contribution in [0.25, 0.3) is 0 Å². The topological polar surface area (TPSA) is 17.1 Å². The molecule has 0 saturated carbocycles. The molecule has 0 saturated heterocycles. The minimum absolute atomic E-state index is 0.219. The second kappa shape index (κ2) is 9.97. The summed E-state index contributed by atoms with van der Waals surface area (Å²) in [4.78, 5) is 10.6. The molecule has 0 aromatic carbocycles. The van der Waals surface area contributed by atoms with Crippen molar-refractivity contribution in [1.82, 2.24) is 0 Å². The summed E-state index contributed by atoms with van der Waals surface area (Å²) in [6.45, 7) is 3.74. The van der Waals surface area contributed by atoms with E-state index in [9.17, 15) is 4.79 Å². The number of hydrogen-bond acceptors (Lipinski definition) is 1. The number of hydrogen-bond donors (Lipinski definition) is 0. The standard InChI is InChI=1S/C13H20O/c1-3-4-5-6-7-8-9-10-11-12-13(2)14/h4-5,7-8,10-11H,3,6,9,12H2,1-2H3/b5-4-,8-7-,11-10-. The van der Waals surface area contributed by atoms with Crippen LogP contribution in [0.2, 0.25) is 0 Å². The average molecular weight is 192 g/mol. The maximum absolute atomic E-state index is 10.6. The Kier molecular flexibility index (Phi) is 9.18. The third-order valence-electron chi connectivity index (χ3n) is 1.69. The molecule has 0 fully saturated rings. The number of carbonyl (C=O) groups is 1. The Morgan fingerprint density at radius 3 is 1.93 bits per heavy atom. The van der Waals surface area contributed by atoms with E-state index in [-0.39, 0.29) is 5.78 Å². The van der Waals surface area contributed by atoms with Crippen molar-refractivity contribution >= 4 is 5.78 Å². The quantitative estimate of drug-likeness (QED) is 0.560. The van der Waals surface area contributed by atoms with Crippen LogP contribution in [0.1, 0.15) is 39.5 Å². The lowest BCUT2D eigenvalue weighted by atomic mass is 10.2. The number of Topliss-reactive ketones (excluding diaryl/α,β-unsaturated/α-hetero) is 1. The molecule has 0 spiro atoms. The SMILES string of the molecule is CC/C=C\C/C=C\C/C=C\CC(C)=O. The molecule has 0 atom stereocenters. The molecule has 0 N–H and O–H groups in total. The van der Waals surface area contributed by atoms with Gasteiger partial charge >= 0.3 is 0 Å². The monoisotopic (exact) mass is 192 g/mol. The predicted octanol–water partition coefficient (Wildman–Crippen LogP) is 3.82. The number of ketones is 1. The second-order valence-electron chi connectivity index (χ2n) is 3.20. The van der Waals surface area contributed by atoms with Crippen LogP contribution in [0.15, 0.2) is 36.5 Å². The van der Waals surface area contributed by atoms with Crippen molar-refractivity contribution in [2.75, 3.05) is 0 Å². The van der Waals surface area contributed by atoms with Crippen molar-refractivity contribution in [2.45, 2.75) is 39.5 Å². The van der Waals surface area contributed by atoms with E-state index in [0.717, 1.165) is 19.3 Å². The molecule has 0 aliphatic carbocycles. The number of rotatable bonds is 7. The second-order valence-corrected chi connectivity index (χ2v) is 3.20. The molecule has 1 nitrogen and oxygen atoms in total. The van der Waals surface area contributed by atoms with E-state index < -0.39 is 0 Å². The molecule has 0 aliphatic rings. The van der Waals surface area contributed by atoms with Gasteiger partial charge in [-0.15, -0.1) is 0 Å². The molecular formula is C13H20O. The molecule has 0 radical (unpaired) electrons. The van der Waals surface area contributed by atoms with Crippen LogP contribution in [-0.2, 0) is 4.79 Å². The van der Waals surface area contributed by atoms with Gasteiger partial charge in [-0.2, -0.15) is 0 Å². The summed E-state index contributed by atoms with van der Waals surface area (Å²) in [5.74, 6) is 0.219. The molecule has 0 bridgehead atoms. The van der Waals surface area contributed by atoms with Gasteiger partial charge in [-0.25, -0.2) is 0 Å². The number of carbonyl (C=O) groups excluding carboxylic acids is 1. The molecule has 0 rings (SSSR count). The smallest absolute Gasteiger partial charge is 0.133 e. The van der Waals surface area contributed by atoms with Gasteiger partial charge in [0.15, 0.2) is 0 Å². The Morgan fingerprint density at radius 2 is 1.43 bits per heavy atom. The maximum atomic E-state index is 10.6. The van der Waals surface area contributed by atoms with Crippen molar-refractivity contribution in [2.24, 2.45) is 0 Å². The van der Waals surface area contributed by atoms with Gasteiger partial charge < -0.3 is 0 Å². The fraction of sp³-hybridized carbons (Fsp3) is 0.462. The van der Waals surface area contributed by atoms with Crippen molar-refractivity contribution in [3.63, 3.8) is 0 Å². The highest BCUT2D eigenvalue weighted by molar-refractivity contribution is 5.76. The third-order valence-corrected chi connectivity index (χ3v) is 1.69. The van der Waals surface area contributed by atoms with Crippen LogP contribution in [0.5, 0.6) is 0 Å². The Bertz CT molecular complexity index is 221. The zero-order chi connectivity index (χ0) is 10.6. The van der Waals surface area contributed by atoms with Crippen molar-refractivity contribution in [3.05, 3.63) is 36.5 Å². The summed E-state index contributed by atoms with van der Waals surface area (Å²) in [6, 6.07) is 0. The van der Waals surface area contributed by atoms with E-state index in [1.165, 1.54) is 0 Å². The first-order chi connectivity index (χ1) is 6.77. The normalized spacial score (nSPS) is 12.1. The van der Waals surface area contributed by atoms with E-state index >= 15 is 0 Å². The summed E-state index contributed by atoms with van der Waals surface area (Å²) >= 11 is 0. The fourth-order valence-corrected chi connectivity index (χ4v) is 0.958. The highest BCUT2D eigenvalue weighted by Gasteiger charge is 1.83. The van der Waals surface area contributed by atoms with E-state index in [1.54, 1.807) is 6.92 Å². The lowest BCUT2D eigenvalue weighted by Crippen LogP contribution is -1.83. The molecule has 0 unspecified atom stereocenters. The molecule has 1 heteroatoms. The Balaban J connectivity index is 3.39. The minimum Gasteiger partial charge on any atom is -0.300 e. The highest BCUT2D eigenvalue weighted by atomic mass is 16.1. The Hall–Kier alpha value is -1.11. The van der Waals surface area contributed by atoms with Crippen LogP contribution in [0.4, 0.5) is 0 Å². The largest absolute Gasteiger partial charge is 0.300 e. The Labute approximate surface area is 87.2 Å². The van der Waals surface area contributed by atoms with E-state index in [2.05, 4.69) is 31.2 Å². The lowest BCUT2D eigenvalue weighted by Gasteiger charge is -1.84. The molecule has 0 aromatic heterocycles. The zero-order valence-corrected chi connectivity index (χ0v) is 9.20. The third kappa shape index (κ3) is 10.9. The summed E-state index contributed by atoms with van der Waals surface area (Å²) in [6.07, 6.45) is 16.1. The maximum Gasteiger partial charge on any atom is 0.133 e. The highest BCUT2D eigenvalue weighted by Crippen LogP contribution is 1.93. The van der Waals surface area contributed by atoms with Gasteiger partial charge in [0.05, 0.1) is 0 Å². The van der Waals surface area contributed by atoms with Crippen LogP contribution < -0.4 is 0 Å². The molecule has 78 valence electrons. The number of allylic oxidation sites excluding steroid dienone is 6. The van der Waals surface area contributed by atoms with Crippen LogP contribution in [0.3, 0.4) is 0 Å². The van der Waals surface area contributed by atoms with Crippen LogP contribution in [-0.4, -0.2) is 5.78 Å². The molecular weight excluding hydrogens is 172 g/mol. The lowest BCUT2D eigenvalue weighted by molar-refractivity contribution is -0.116. The molecule has 14 heavy (non-hydrogen) atoms. The van der Waals surface area contributed by atoms with Gasteiger partial charge in [-0.1, -0.05) is 43.4 Å². The van der Waals surface area contributed by atoms with E-state index in [1.807, 2.05) is 12.2 Å². The molecule has 0 aliphatic heterocycles. The van der Waals surface area contributed by atoms with Crippen LogP contribution >= 0.6 is 0 Å². The van der Waals surface area contributed by atoms with Crippen molar-refractivity contribution < 1.29 is 4.79 Å². The van der Waals surface area contributed by atoms with Gasteiger partial charge in [-0.3, -0.25) is 4.79 Å². The van der Waals surface area contributed by atoms with Gasteiger partial charge in [0.2, 0.25) is 0 Å². The predicted molar refractivity (Wildman–Crippen MR) is 62.2 cm³/mol. The summed E-state index contributed by atoms with van der Waals surface area (Å²) in [5.41, 5.74) is 0. The molecule has 0 heterocycles. The summed E-state index contributed by atoms with van der Waals surface area (Å²) < 4.78 is 0. The molecule has 0 aromatic rings. The first kappa shape index (κ1) is 12.9. The Morgan fingerprint density at radius 1 is 0.929 bits per heavy atom. The van der Waals surface area contributed by atoms with Gasteiger partial charge in [0.1, 0.15) is 5.78 Å². The first-order valence-electron chi connectivity index (χ1n) is 5.21. The average Bonchev–Trinajstić information content (AvgIpc) is 2.15. The van der Waals surface area contributed by atoms with Crippen LogP contribution in [0, 0.1) is 0 Å². The minimum atomic E-state index is 0.219. The summed E-state index contributed by atoms with van der Waals surface area (Å²) in [5, 5.41) is 0. The van der Waals surface area contributed by atoms with Gasteiger partial charge in [0.25, 0.3) is 0 Å². The van der Waals surface area contributed by atoms with Crippen molar-refractivity contribution in [3.8, 4) is 0 Å². The zero-order valence-electron chi connectivity index (χ0n) is 9.20. The van der Waals surface area contributed by atoms with Crippen molar-refractivity contribution in [1.29, 1.82) is 0 Å². The van der Waals surface area contributed by atoms with Gasteiger partial charge in [0, 0.05) is 6.42 Å². The fourth-order valence-electron chi connectivity index (χ4n) is 0.958. The molecule has 0 amide bonds.